The molecule has 0 saturated heterocycles. The summed E-state index contributed by atoms with van der Waals surface area (Å²) in [7, 11) is 0. The second-order valence-electron chi connectivity index (χ2n) is 5.11. The molecule has 1 aromatic rings. The molecule has 3 nitrogen and oxygen atoms in total. The predicted octanol–water partition coefficient (Wildman–Crippen LogP) is 2.52. The van der Waals surface area contributed by atoms with E-state index in [9.17, 15) is 4.79 Å². The van der Waals surface area contributed by atoms with Crippen molar-refractivity contribution in [1.82, 2.24) is 5.32 Å². The first-order chi connectivity index (χ1) is 8.03. The molecule has 3 N–H and O–H groups in total. The van der Waals surface area contributed by atoms with E-state index in [1.807, 2.05) is 11.4 Å². The molecule has 1 amide bonds. The third-order valence-corrected chi connectivity index (χ3v) is 3.65. The third-order valence-electron chi connectivity index (χ3n) is 2.92. The number of rotatable bonds is 7. The number of nitrogens with one attached hydrogen (secondary N) is 1. The highest BCUT2D eigenvalue weighted by Crippen LogP contribution is 2.25. The molecule has 0 saturated carbocycles. The fraction of sp³-hybridized carbons (Fsp3) is 0.615. The molecule has 4 heteroatoms. The maximum atomic E-state index is 11.7. The highest BCUT2D eigenvalue weighted by Gasteiger charge is 2.18. The topological polar surface area (TPSA) is 55.1 Å². The van der Waals surface area contributed by atoms with Crippen molar-refractivity contribution in [3.8, 4) is 0 Å². The Labute approximate surface area is 107 Å². The zero-order valence-electron chi connectivity index (χ0n) is 10.7. The lowest BCUT2D eigenvalue weighted by Crippen LogP contribution is -2.25. The summed E-state index contributed by atoms with van der Waals surface area (Å²) in [6, 6.07) is 2.03. The van der Waals surface area contributed by atoms with Crippen molar-refractivity contribution in [2.75, 3.05) is 6.54 Å². The Bertz CT molecular complexity index is 333. The smallest absolute Gasteiger partial charge is 0.220 e. The Kier molecular flexibility index (Phi) is 5.65. The minimum absolute atomic E-state index is 0.126. The van der Waals surface area contributed by atoms with Crippen molar-refractivity contribution in [2.24, 2.45) is 11.1 Å². The lowest BCUT2D eigenvalue weighted by Gasteiger charge is -2.23. The van der Waals surface area contributed by atoms with Gasteiger partial charge in [-0.15, -0.1) is 0 Å². The van der Waals surface area contributed by atoms with E-state index >= 15 is 0 Å². The lowest BCUT2D eigenvalue weighted by atomic mass is 9.84. The number of carbonyl (C=O) groups excluding carboxylic acids is 1. The number of thiophene rings is 1. The molecule has 0 spiro atoms. The van der Waals surface area contributed by atoms with E-state index < -0.39 is 0 Å². The minimum atomic E-state index is 0.126. The zero-order valence-corrected chi connectivity index (χ0v) is 11.5. The molecule has 0 aromatic carbocycles. The van der Waals surface area contributed by atoms with Crippen LogP contribution in [-0.2, 0) is 11.3 Å². The Hall–Kier alpha value is -0.870. The van der Waals surface area contributed by atoms with Crippen LogP contribution in [0.4, 0.5) is 0 Å². The molecule has 0 bridgehead atoms. The summed E-state index contributed by atoms with van der Waals surface area (Å²) >= 11 is 1.65. The molecule has 17 heavy (non-hydrogen) atoms. The summed E-state index contributed by atoms with van der Waals surface area (Å²) in [4.78, 5) is 11.7. The van der Waals surface area contributed by atoms with Gasteiger partial charge in [-0.1, -0.05) is 13.8 Å². The van der Waals surface area contributed by atoms with Crippen LogP contribution < -0.4 is 11.1 Å². The summed E-state index contributed by atoms with van der Waals surface area (Å²) < 4.78 is 0. The third kappa shape index (κ3) is 5.84. The van der Waals surface area contributed by atoms with Gasteiger partial charge in [-0.3, -0.25) is 4.79 Å². The van der Waals surface area contributed by atoms with Gasteiger partial charge in [0.15, 0.2) is 0 Å². The largest absolute Gasteiger partial charge is 0.352 e. The lowest BCUT2D eigenvalue weighted by molar-refractivity contribution is -0.121. The van der Waals surface area contributed by atoms with Crippen LogP contribution >= 0.6 is 11.3 Å². The SMILES string of the molecule is CC(C)(CCN)CCC(=O)NCc1ccsc1. The summed E-state index contributed by atoms with van der Waals surface area (Å²) in [6.45, 7) is 5.64. The first kappa shape index (κ1) is 14.2. The van der Waals surface area contributed by atoms with Gasteiger partial charge in [-0.05, 0) is 47.2 Å². The van der Waals surface area contributed by atoms with Crippen LogP contribution in [0.3, 0.4) is 0 Å². The minimum Gasteiger partial charge on any atom is -0.352 e. The Balaban J connectivity index is 2.21. The van der Waals surface area contributed by atoms with Crippen LogP contribution in [0.5, 0.6) is 0 Å². The zero-order chi connectivity index (χ0) is 12.7. The van der Waals surface area contributed by atoms with Crippen LogP contribution in [-0.4, -0.2) is 12.5 Å². The number of hydrogen-bond acceptors (Lipinski definition) is 3. The van der Waals surface area contributed by atoms with Crippen LogP contribution in [0.2, 0.25) is 0 Å². The maximum Gasteiger partial charge on any atom is 0.220 e. The first-order valence-corrected chi connectivity index (χ1v) is 6.96. The van der Waals surface area contributed by atoms with Gasteiger partial charge in [-0.25, -0.2) is 0 Å². The average molecular weight is 254 g/mol. The van der Waals surface area contributed by atoms with Crippen molar-refractivity contribution in [3.63, 3.8) is 0 Å². The van der Waals surface area contributed by atoms with Crippen molar-refractivity contribution in [1.29, 1.82) is 0 Å². The Morgan fingerprint density at radius 1 is 1.47 bits per heavy atom. The summed E-state index contributed by atoms with van der Waals surface area (Å²) in [5.41, 5.74) is 6.88. The number of carbonyl (C=O) groups is 1. The van der Waals surface area contributed by atoms with E-state index in [1.54, 1.807) is 11.3 Å². The van der Waals surface area contributed by atoms with Gasteiger partial charge in [0.25, 0.3) is 0 Å². The molecule has 0 atom stereocenters. The first-order valence-electron chi connectivity index (χ1n) is 6.01. The highest BCUT2D eigenvalue weighted by atomic mass is 32.1. The molecule has 0 aliphatic rings. The predicted molar refractivity (Wildman–Crippen MR) is 72.9 cm³/mol. The van der Waals surface area contributed by atoms with E-state index in [0.29, 0.717) is 19.5 Å². The van der Waals surface area contributed by atoms with Crippen LogP contribution in [0.1, 0.15) is 38.7 Å². The van der Waals surface area contributed by atoms with Gasteiger partial charge in [0.05, 0.1) is 0 Å². The maximum absolute atomic E-state index is 11.7. The Morgan fingerprint density at radius 3 is 2.82 bits per heavy atom. The average Bonchev–Trinajstić information content (AvgIpc) is 2.76. The number of nitrogens with two attached hydrogens (primary N) is 1. The molecule has 1 rings (SSSR count). The number of hydrogen-bond donors (Lipinski definition) is 2. The van der Waals surface area contributed by atoms with E-state index in [-0.39, 0.29) is 11.3 Å². The molecule has 96 valence electrons. The van der Waals surface area contributed by atoms with E-state index in [0.717, 1.165) is 12.8 Å². The van der Waals surface area contributed by atoms with Gasteiger partial charge in [0.1, 0.15) is 0 Å². The van der Waals surface area contributed by atoms with Gasteiger partial charge in [0.2, 0.25) is 5.91 Å². The van der Waals surface area contributed by atoms with E-state index in [2.05, 4.69) is 24.5 Å². The van der Waals surface area contributed by atoms with Crippen LogP contribution in [0, 0.1) is 5.41 Å². The molecular formula is C13H22N2OS. The molecular weight excluding hydrogens is 232 g/mol. The Morgan fingerprint density at radius 2 is 2.24 bits per heavy atom. The van der Waals surface area contributed by atoms with E-state index in [4.69, 9.17) is 5.73 Å². The fourth-order valence-corrected chi connectivity index (χ4v) is 2.32. The van der Waals surface area contributed by atoms with Crippen molar-refractivity contribution in [2.45, 2.75) is 39.7 Å². The normalized spacial score (nSPS) is 11.5. The molecule has 0 aliphatic heterocycles. The van der Waals surface area contributed by atoms with Crippen molar-refractivity contribution < 1.29 is 4.79 Å². The van der Waals surface area contributed by atoms with Crippen molar-refractivity contribution >= 4 is 17.2 Å². The molecule has 1 heterocycles. The quantitative estimate of drug-likeness (QED) is 0.785. The summed E-state index contributed by atoms with van der Waals surface area (Å²) in [5, 5.41) is 7.01. The van der Waals surface area contributed by atoms with Gasteiger partial charge < -0.3 is 11.1 Å². The van der Waals surface area contributed by atoms with Gasteiger partial charge in [-0.2, -0.15) is 11.3 Å². The van der Waals surface area contributed by atoms with Crippen molar-refractivity contribution in [3.05, 3.63) is 22.4 Å². The van der Waals surface area contributed by atoms with Crippen LogP contribution in [0.15, 0.2) is 16.8 Å². The van der Waals surface area contributed by atoms with Gasteiger partial charge >= 0.3 is 0 Å². The van der Waals surface area contributed by atoms with Crippen LogP contribution in [0.25, 0.3) is 0 Å². The molecule has 0 fully saturated rings. The summed E-state index contributed by atoms with van der Waals surface area (Å²) in [6.07, 6.45) is 2.43. The second kappa shape index (κ2) is 6.77. The highest BCUT2D eigenvalue weighted by molar-refractivity contribution is 7.07. The van der Waals surface area contributed by atoms with Gasteiger partial charge in [0, 0.05) is 13.0 Å². The fourth-order valence-electron chi connectivity index (χ4n) is 1.65. The molecule has 0 aliphatic carbocycles. The standard InChI is InChI=1S/C13H22N2OS/c1-13(2,6-7-14)5-3-12(16)15-9-11-4-8-17-10-11/h4,8,10H,3,5-7,9,14H2,1-2H3,(H,15,16). The number of amides is 1. The second-order valence-corrected chi connectivity index (χ2v) is 5.89. The van der Waals surface area contributed by atoms with E-state index in [1.165, 1.54) is 5.56 Å². The molecule has 0 radical (unpaired) electrons. The monoisotopic (exact) mass is 254 g/mol. The summed E-state index contributed by atoms with van der Waals surface area (Å²) in [5.74, 6) is 0.126. The molecule has 0 unspecified atom stereocenters. The molecule has 1 aromatic heterocycles.